The molecule has 0 radical (unpaired) electrons. The van der Waals surface area contributed by atoms with Crippen LogP contribution in [0.1, 0.15) is 41.7 Å². The van der Waals surface area contributed by atoms with E-state index in [4.69, 9.17) is 9.47 Å². The SMILES string of the molecule is CC1(NC(=O)c2ccncc2NC(=O)Oc2nc(C3CC3)cnc2Nc2cncnc2)COC1. The van der Waals surface area contributed by atoms with E-state index in [1.165, 1.54) is 24.8 Å². The van der Waals surface area contributed by atoms with Crippen molar-refractivity contribution >= 4 is 29.2 Å². The van der Waals surface area contributed by atoms with Crippen LogP contribution in [0.3, 0.4) is 0 Å². The summed E-state index contributed by atoms with van der Waals surface area (Å²) in [5.74, 6) is 0.180. The Hall–Kier alpha value is -4.19. The summed E-state index contributed by atoms with van der Waals surface area (Å²) >= 11 is 0. The number of amides is 2. The Morgan fingerprint density at radius 3 is 2.62 bits per heavy atom. The number of rotatable bonds is 7. The molecule has 12 nitrogen and oxygen atoms in total. The van der Waals surface area contributed by atoms with Crippen LogP contribution in [0, 0.1) is 0 Å². The van der Waals surface area contributed by atoms with E-state index in [0.29, 0.717) is 24.8 Å². The third-order valence-corrected chi connectivity index (χ3v) is 5.33. The van der Waals surface area contributed by atoms with Crippen LogP contribution >= 0.6 is 0 Å². The minimum atomic E-state index is -0.838. The number of aromatic nitrogens is 5. The maximum absolute atomic E-state index is 12.8. The zero-order valence-corrected chi connectivity index (χ0v) is 18.3. The van der Waals surface area contributed by atoms with E-state index in [2.05, 4.69) is 40.9 Å². The minimum Gasteiger partial charge on any atom is -0.387 e. The van der Waals surface area contributed by atoms with Crippen LogP contribution < -0.4 is 20.7 Å². The van der Waals surface area contributed by atoms with Gasteiger partial charge in [0.25, 0.3) is 11.8 Å². The third kappa shape index (κ3) is 4.91. The van der Waals surface area contributed by atoms with Gasteiger partial charge < -0.3 is 20.1 Å². The number of carbonyl (C=O) groups excluding carboxylic acids is 2. The summed E-state index contributed by atoms with van der Waals surface area (Å²) in [6.07, 6.45) is 10.2. The number of hydrogen-bond acceptors (Lipinski definition) is 10. The van der Waals surface area contributed by atoms with Crippen molar-refractivity contribution < 1.29 is 19.1 Å². The van der Waals surface area contributed by atoms with Crippen molar-refractivity contribution in [2.45, 2.75) is 31.2 Å². The highest BCUT2D eigenvalue weighted by atomic mass is 16.6. The monoisotopic (exact) mass is 462 g/mol. The van der Waals surface area contributed by atoms with Gasteiger partial charge in [-0.05, 0) is 25.8 Å². The number of nitrogens with one attached hydrogen (secondary N) is 3. The second-order valence-corrected chi connectivity index (χ2v) is 8.42. The molecule has 5 rings (SSSR count). The molecule has 2 aliphatic rings. The summed E-state index contributed by atoms with van der Waals surface area (Å²) in [6.45, 7) is 2.73. The molecule has 1 aliphatic carbocycles. The molecule has 3 aromatic rings. The molecule has 1 aliphatic heterocycles. The molecule has 2 amide bonds. The van der Waals surface area contributed by atoms with Crippen LogP contribution in [0.4, 0.5) is 22.0 Å². The Labute approximate surface area is 194 Å². The predicted octanol–water partition coefficient (Wildman–Crippen LogP) is 2.41. The van der Waals surface area contributed by atoms with Crippen molar-refractivity contribution in [2.75, 3.05) is 23.8 Å². The first-order chi connectivity index (χ1) is 16.5. The Bertz CT molecular complexity index is 1210. The number of nitrogens with zero attached hydrogens (tertiary/aromatic N) is 5. The molecule has 12 heteroatoms. The lowest BCUT2D eigenvalue weighted by atomic mass is 10.00. The second-order valence-electron chi connectivity index (χ2n) is 8.42. The largest absolute Gasteiger partial charge is 0.418 e. The van der Waals surface area contributed by atoms with Gasteiger partial charge >= 0.3 is 6.09 Å². The zero-order chi connectivity index (χ0) is 23.5. The average Bonchev–Trinajstić information content (AvgIpc) is 3.66. The lowest BCUT2D eigenvalue weighted by Gasteiger charge is -2.38. The van der Waals surface area contributed by atoms with Crippen molar-refractivity contribution in [2.24, 2.45) is 0 Å². The molecule has 0 atom stereocenters. The fraction of sp³-hybridized carbons (Fsp3) is 0.318. The first kappa shape index (κ1) is 21.6. The number of ether oxygens (including phenoxy) is 2. The van der Waals surface area contributed by atoms with E-state index < -0.39 is 11.6 Å². The zero-order valence-electron chi connectivity index (χ0n) is 18.3. The van der Waals surface area contributed by atoms with Gasteiger partial charge in [0.05, 0.1) is 66.2 Å². The molecule has 174 valence electrons. The standard InChI is InChI=1S/C22H22N8O4/c1-22(10-33-11-22)30-19(31)15-4-5-23-8-17(15)29-21(32)34-20-18(27-14-6-24-12-25-7-14)26-9-16(28-20)13-2-3-13/h4-9,12-13H,2-3,10-11H2,1H3,(H,26,27)(H,29,32)(H,30,31). The van der Waals surface area contributed by atoms with Gasteiger partial charge in [-0.1, -0.05) is 0 Å². The quantitative estimate of drug-likeness (QED) is 0.477. The number of anilines is 3. The normalized spacial score (nSPS) is 16.1. The van der Waals surface area contributed by atoms with Gasteiger partial charge in [-0.2, -0.15) is 0 Å². The van der Waals surface area contributed by atoms with Crippen molar-refractivity contribution in [1.29, 1.82) is 0 Å². The molecule has 3 N–H and O–H groups in total. The Morgan fingerprint density at radius 1 is 1.12 bits per heavy atom. The smallest absolute Gasteiger partial charge is 0.387 e. The molecule has 0 unspecified atom stereocenters. The third-order valence-electron chi connectivity index (χ3n) is 5.33. The molecule has 4 heterocycles. The van der Waals surface area contributed by atoms with Gasteiger partial charge in [-0.25, -0.2) is 24.7 Å². The topological polar surface area (TPSA) is 153 Å². The number of hydrogen-bond donors (Lipinski definition) is 3. The fourth-order valence-electron chi connectivity index (χ4n) is 3.36. The van der Waals surface area contributed by atoms with E-state index in [-0.39, 0.29) is 28.9 Å². The highest BCUT2D eigenvalue weighted by Crippen LogP contribution is 2.40. The van der Waals surface area contributed by atoms with Gasteiger partial charge in [0, 0.05) is 12.1 Å². The highest BCUT2D eigenvalue weighted by Gasteiger charge is 2.35. The molecule has 0 aromatic carbocycles. The van der Waals surface area contributed by atoms with Crippen LogP contribution in [0.5, 0.6) is 5.88 Å². The molecule has 0 bridgehead atoms. The average molecular weight is 462 g/mol. The minimum absolute atomic E-state index is 0.000210. The summed E-state index contributed by atoms with van der Waals surface area (Å²) in [4.78, 5) is 46.3. The summed E-state index contributed by atoms with van der Waals surface area (Å²) in [7, 11) is 0. The van der Waals surface area contributed by atoms with Gasteiger partial charge in [0.2, 0.25) is 0 Å². The van der Waals surface area contributed by atoms with Crippen LogP contribution in [0.15, 0.2) is 43.4 Å². The molecule has 1 saturated carbocycles. The van der Waals surface area contributed by atoms with Gasteiger partial charge in [0.1, 0.15) is 6.33 Å². The first-order valence-corrected chi connectivity index (χ1v) is 10.7. The molecular weight excluding hydrogens is 440 g/mol. The van der Waals surface area contributed by atoms with Gasteiger partial charge in [-0.15, -0.1) is 0 Å². The van der Waals surface area contributed by atoms with E-state index in [0.717, 1.165) is 18.5 Å². The van der Waals surface area contributed by atoms with Crippen molar-refractivity contribution in [1.82, 2.24) is 30.2 Å². The summed E-state index contributed by atoms with van der Waals surface area (Å²) < 4.78 is 10.7. The van der Waals surface area contributed by atoms with Crippen LogP contribution in [0.25, 0.3) is 0 Å². The second kappa shape index (κ2) is 8.98. The Morgan fingerprint density at radius 2 is 1.91 bits per heavy atom. The molecule has 2 fully saturated rings. The Balaban J connectivity index is 1.33. The van der Waals surface area contributed by atoms with Crippen LogP contribution in [-0.2, 0) is 4.74 Å². The Kier molecular flexibility index (Phi) is 5.72. The van der Waals surface area contributed by atoms with Crippen molar-refractivity contribution in [3.8, 4) is 5.88 Å². The van der Waals surface area contributed by atoms with Gasteiger partial charge in [-0.3, -0.25) is 15.1 Å². The van der Waals surface area contributed by atoms with E-state index >= 15 is 0 Å². The van der Waals surface area contributed by atoms with E-state index in [1.54, 1.807) is 18.6 Å². The predicted molar refractivity (Wildman–Crippen MR) is 120 cm³/mol. The lowest BCUT2D eigenvalue weighted by Crippen LogP contribution is -2.59. The number of carbonyl (C=O) groups is 2. The maximum atomic E-state index is 12.8. The lowest BCUT2D eigenvalue weighted by molar-refractivity contribution is -0.0593. The van der Waals surface area contributed by atoms with E-state index in [9.17, 15) is 9.59 Å². The van der Waals surface area contributed by atoms with Gasteiger partial charge in [0.15, 0.2) is 5.82 Å². The molecule has 34 heavy (non-hydrogen) atoms. The van der Waals surface area contributed by atoms with Crippen molar-refractivity contribution in [3.05, 3.63) is 54.6 Å². The summed E-state index contributed by atoms with van der Waals surface area (Å²) in [6, 6.07) is 1.52. The molecule has 0 spiro atoms. The number of pyridine rings is 1. The molecule has 3 aromatic heterocycles. The molecular formula is C22H22N8O4. The van der Waals surface area contributed by atoms with Crippen LogP contribution in [0.2, 0.25) is 0 Å². The fourth-order valence-corrected chi connectivity index (χ4v) is 3.36. The van der Waals surface area contributed by atoms with Crippen LogP contribution in [-0.4, -0.2) is 55.7 Å². The van der Waals surface area contributed by atoms with E-state index in [1.807, 2.05) is 6.92 Å². The highest BCUT2D eigenvalue weighted by molar-refractivity contribution is 6.03. The maximum Gasteiger partial charge on any atom is 0.418 e. The molecule has 1 saturated heterocycles. The summed E-state index contributed by atoms with van der Waals surface area (Å²) in [5.41, 5.74) is 1.30. The summed E-state index contributed by atoms with van der Waals surface area (Å²) in [5, 5.41) is 8.49. The van der Waals surface area contributed by atoms with Crippen molar-refractivity contribution in [3.63, 3.8) is 0 Å². The first-order valence-electron chi connectivity index (χ1n) is 10.7.